The van der Waals surface area contributed by atoms with Crippen molar-refractivity contribution in [1.82, 2.24) is 4.90 Å². The zero-order valence-electron chi connectivity index (χ0n) is 11.4. The Kier molecular flexibility index (Phi) is 3.99. The van der Waals surface area contributed by atoms with E-state index < -0.39 is 6.04 Å². The van der Waals surface area contributed by atoms with E-state index in [2.05, 4.69) is 15.9 Å². The lowest BCUT2D eigenvalue weighted by Gasteiger charge is -2.49. The Labute approximate surface area is 122 Å². The molecular formula is C14H19BrN2O2. The minimum Gasteiger partial charge on any atom is -0.394 e. The quantitative estimate of drug-likeness (QED) is 0.902. The number of carbonyl (C=O) groups excluding carboxylic acids is 1. The highest BCUT2D eigenvalue weighted by Crippen LogP contribution is 2.35. The Hall–Kier alpha value is -0.910. The van der Waals surface area contributed by atoms with Crippen molar-refractivity contribution in [2.45, 2.75) is 25.4 Å². The molecule has 0 spiro atoms. The molecule has 1 N–H and O–H groups in total. The number of rotatable bonds is 2. The molecule has 1 aliphatic rings. The number of halogens is 1. The molecule has 1 aromatic rings. The summed E-state index contributed by atoms with van der Waals surface area (Å²) < 4.78 is 0.887. The number of aliphatic hydroxyl groups excluding tert-OH is 1. The van der Waals surface area contributed by atoms with E-state index in [4.69, 9.17) is 0 Å². The maximum Gasteiger partial charge on any atom is 0.247 e. The van der Waals surface area contributed by atoms with Crippen LogP contribution in [0.25, 0.3) is 0 Å². The highest BCUT2D eigenvalue weighted by atomic mass is 79.9. The number of carbonyl (C=O) groups is 1. The standard InChI is InChI=1S/C14H19BrN2O2/c1-14(2)9-16(3)12(8-18)13(19)17(14)11-7-5-4-6-10(11)15/h4-7,12,18H,8-9H2,1-3H3. The maximum absolute atomic E-state index is 12.6. The van der Waals surface area contributed by atoms with Crippen LogP contribution in [-0.2, 0) is 4.79 Å². The van der Waals surface area contributed by atoms with Gasteiger partial charge in [-0.2, -0.15) is 0 Å². The van der Waals surface area contributed by atoms with Crippen molar-refractivity contribution in [3.05, 3.63) is 28.7 Å². The molecule has 2 rings (SSSR count). The van der Waals surface area contributed by atoms with E-state index in [0.29, 0.717) is 6.54 Å². The molecule has 1 aromatic carbocycles. The highest BCUT2D eigenvalue weighted by molar-refractivity contribution is 9.10. The first-order valence-corrected chi connectivity index (χ1v) is 7.07. The van der Waals surface area contributed by atoms with Gasteiger partial charge >= 0.3 is 0 Å². The summed E-state index contributed by atoms with van der Waals surface area (Å²) in [6.45, 7) is 4.63. The van der Waals surface area contributed by atoms with Crippen molar-refractivity contribution in [2.24, 2.45) is 0 Å². The van der Waals surface area contributed by atoms with Crippen molar-refractivity contribution in [2.75, 3.05) is 25.1 Å². The minimum absolute atomic E-state index is 0.0619. The molecule has 19 heavy (non-hydrogen) atoms. The number of nitrogens with zero attached hydrogens (tertiary/aromatic N) is 2. The third-order valence-corrected chi connectivity index (χ3v) is 4.22. The van der Waals surface area contributed by atoms with Crippen LogP contribution >= 0.6 is 15.9 Å². The number of para-hydroxylation sites is 1. The molecule has 1 amide bonds. The van der Waals surface area contributed by atoms with Crippen molar-refractivity contribution >= 4 is 27.5 Å². The van der Waals surface area contributed by atoms with Gasteiger partial charge in [0.15, 0.2) is 0 Å². The molecule has 1 aliphatic heterocycles. The van der Waals surface area contributed by atoms with E-state index in [1.807, 2.05) is 50.1 Å². The summed E-state index contributed by atoms with van der Waals surface area (Å²) in [5.41, 5.74) is 0.533. The lowest BCUT2D eigenvalue weighted by molar-refractivity contribution is -0.129. The normalized spacial score (nSPS) is 23.7. The Morgan fingerprint density at radius 1 is 1.42 bits per heavy atom. The fourth-order valence-electron chi connectivity index (χ4n) is 2.72. The van der Waals surface area contributed by atoms with Crippen LogP contribution in [0.4, 0.5) is 5.69 Å². The van der Waals surface area contributed by atoms with Crippen LogP contribution in [0.1, 0.15) is 13.8 Å². The molecule has 1 atom stereocenters. The van der Waals surface area contributed by atoms with Gasteiger partial charge < -0.3 is 10.0 Å². The molecule has 1 fully saturated rings. The van der Waals surface area contributed by atoms with Gasteiger partial charge in [0.05, 0.1) is 17.8 Å². The first-order chi connectivity index (χ1) is 8.88. The monoisotopic (exact) mass is 326 g/mol. The van der Waals surface area contributed by atoms with Crippen molar-refractivity contribution in [1.29, 1.82) is 0 Å². The average Bonchev–Trinajstić information content (AvgIpc) is 2.30. The van der Waals surface area contributed by atoms with E-state index in [1.54, 1.807) is 4.90 Å². The van der Waals surface area contributed by atoms with Gasteiger partial charge in [-0.05, 0) is 49.0 Å². The summed E-state index contributed by atoms with van der Waals surface area (Å²) >= 11 is 3.50. The zero-order valence-corrected chi connectivity index (χ0v) is 13.0. The zero-order chi connectivity index (χ0) is 14.2. The lowest BCUT2D eigenvalue weighted by atomic mass is 9.94. The smallest absolute Gasteiger partial charge is 0.247 e. The molecule has 1 unspecified atom stereocenters. The van der Waals surface area contributed by atoms with Gasteiger partial charge in [0.1, 0.15) is 6.04 Å². The van der Waals surface area contributed by atoms with Crippen LogP contribution in [0.2, 0.25) is 0 Å². The summed E-state index contributed by atoms with van der Waals surface area (Å²) in [5.74, 6) is -0.0619. The van der Waals surface area contributed by atoms with Crippen molar-refractivity contribution < 1.29 is 9.90 Å². The van der Waals surface area contributed by atoms with Gasteiger partial charge in [0, 0.05) is 11.0 Å². The molecule has 4 nitrogen and oxygen atoms in total. The summed E-state index contributed by atoms with van der Waals surface area (Å²) in [5, 5.41) is 9.44. The van der Waals surface area contributed by atoms with Crippen LogP contribution in [0.5, 0.6) is 0 Å². The third-order valence-electron chi connectivity index (χ3n) is 3.55. The second kappa shape index (κ2) is 5.23. The first-order valence-electron chi connectivity index (χ1n) is 6.28. The fraction of sp³-hybridized carbons (Fsp3) is 0.500. The van der Waals surface area contributed by atoms with Gasteiger partial charge in [-0.25, -0.2) is 0 Å². The van der Waals surface area contributed by atoms with E-state index in [0.717, 1.165) is 10.2 Å². The number of piperazine rings is 1. The second-order valence-corrected chi connectivity index (χ2v) is 6.41. The fourth-order valence-corrected chi connectivity index (χ4v) is 3.18. The SMILES string of the molecule is CN1CC(C)(C)N(c2ccccc2Br)C(=O)C1CO. The Morgan fingerprint density at radius 2 is 2.05 bits per heavy atom. The second-order valence-electron chi connectivity index (χ2n) is 5.55. The highest BCUT2D eigenvalue weighted by Gasteiger charge is 2.44. The van der Waals surface area contributed by atoms with E-state index in [1.165, 1.54) is 0 Å². The number of hydrogen-bond acceptors (Lipinski definition) is 3. The maximum atomic E-state index is 12.6. The first kappa shape index (κ1) is 14.5. The minimum atomic E-state index is -0.472. The summed E-state index contributed by atoms with van der Waals surface area (Å²) in [4.78, 5) is 16.3. The van der Waals surface area contributed by atoms with Gasteiger partial charge in [-0.1, -0.05) is 12.1 Å². The van der Waals surface area contributed by atoms with Crippen LogP contribution in [0.15, 0.2) is 28.7 Å². The third kappa shape index (κ3) is 2.55. The number of likely N-dealkylation sites (N-methyl/N-ethyl adjacent to an activating group) is 1. The molecule has 0 bridgehead atoms. The average molecular weight is 327 g/mol. The van der Waals surface area contributed by atoms with Crippen molar-refractivity contribution in [3.63, 3.8) is 0 Å². The molecular weight excluding hydrogens is 308 g/mol. The van der Waals surface area contributed by atoms with Gasteiger partial charge in [-0.3, -0.25) is 9.69 Å². The summed E-state index contributed by atoms with van der Waals surface area (Å²) in [6, 6.07) is 7.20. The van der Waals surface area contributed by atoms with Gasteiger partial charge in [0.25, 0.3) is 0 Å². The Balaban J connectivity index is 2.47. The lowest BCUT2D eigenvalue weighted by Crippen LogP contribution is -2.66. The molecule has 5 heteroatoms. The van der Waals surface area contributed by atoms with Crippen LogP contribution in [-0.4, -0.2) is 47.7 Å². The van der Waals surface area contributed by atoms with E-state index in [-0.39, 0.29) is 18.1 Å². The predicted molar refractivity (Wildman–Crippen MR) is 79.2 cm³/mol. The Bertz CT molecular complexity index is 490. The number of anilines is 1. The number of benzene rings is 1. The molecule has 0 saturated carbocycles. The summed E-state index contributed by atoms with van der Waals surface area (Å²) in [6.07, 6.45) is 0. The largest absolute Gasteiger partial charge is 0.394 e. The van der Waals surface area contributed by atoms with Crippen molar-refractivity contribution in [3.8, 4) is 0 Å². The predicted octanol–water partition coefficient (Wildman–Crippen LogP) is 1.87. The van der Waals surface area contributed by atoms with E-state index in [9.17, 15) is 9.90 Å². The molecule has 1 saturated heterocycles. The van der Waals surface area contributed by atoms with Gasteiger partial charge in [0.2, 0.25) is 5.91 Å². The number of aliphatic hydroxyl groups is 1. The van der Waals surface area contributed by atoms with Crippen LogP contribution in [0, 0.1) is 0 Å². The topological polar surface area (TPSA) is 43.8 Å². The van der Waals surface area contributed by atoms with Crippen LogP contribution in [0.3, 0.4) is 0 Å². The number of hydrogen-bond donors (Lipinski definition) is 1. The molecule has 0 aromatic heterocycles. The molecule has 104 valence electrons. The summed E-state index contributed by atoms with van der Waals surface area (Å²) in [7, 11) is 1.87. The van der Waals surface area contributed by atoms with Gasteiger partial charge in [-0.15, -0.1) is 0 Å². The Morgan fingerprint density at radius 3 is 2.63 bits per heavy atom. The molecule has 0 radical (unpaired) electrons. The molecule has 1 heterocycles. The van der Waals surface area contributed by atoms with E-state index >= 15 is 0 Å². The number of amides is 1. The molecule has 0 aliphatic carbocycles. The van der Waals surface area contributed by atoms with Crippen LogP contribution < -0.4 is 4.90 Å².